The van der Waals surface area contributed by atoms with Gasteiger partial charge in [-0.05, 0) is 25.1 Å². The molecule has 5 nitrogen and oxygen atoms in total. The van der Waals surface area contributed by atoms with Crippen LogP contribution < -0.4 is 4.74 Å². The second-order valence-electron chi connectivity index (χ2n) is 4.16. The van der Waals surface area contributed by atoms with E-state index < -0.39 is 41.4 Å². The van der Waals surface area contributed by atoms with Crippen LogP contribution in [0.25, 0.3) is 0 Å². The number of benzene rings is 1. The Morgan fingerprint density at radius 1 is 1.18 bits per heavy atom. The van der Waals surface area contributed by atoms with Crippen molar-refractivity contribution in [3.05, 3.63) is 29.3 Å². The van der Waals surface area contributed by atoms with E-state index in [0.29, 0.717) is 6.07 Å². The van der Waals surface area contributed by atoms with Crippen molar-refractivity contribution < 1.29 is 37.0 Å². The van der Waals surface area contributed by atoms with Gasteiger partial charge < -0.3 is 9.47 Å². The number of esters is 1. The number of halogens is 3. The van der Waals surface area contributed by atoms with Crippen molar-refractivity contribution >= 4 is 17.5 Å². The second kappa shape index (κ2) is 7.06. The van der Waals surface area contributed by atoms with Crippen LogP contribution >= 0.6 is 0 Å². The number of ketones is 2. The largest absolute Gasteiger partial charge is 0.496 e. The molecule has 0 aliphatic rings. The molecule has 1 aromatic carbocycles. The van der Waals surface area contributed by atoms with Gasteiger partial charge in [0.05, 0.1) is 25.7 Å². The first-order chi connectivity index (χ1) is 10.2. The van der Waals surface area contributed by atoms with Crippen LogP contribution in [0, 0.1) is 0 Å². The Kier molecular flexibility index (Phi) is 5.67. The van der Waals surface area contributed by atoms with Gasteiger partial charge >= 0.3 is 12.1 Å². The number of Topliss-reactive ketones (excluding diaryl/α,β-unsaturated/α-hetero) is 2. The highest BCUT2D eigenvalue weighted by Crippen LogP contribution is 2.36. The molecular weight excluding hydrogens is 305 g/mol. The molecule has 0 saturated heterocycles. The number of carbonyl (C=O) groups is 3. The Bertz CT molecular complexity index is 593. The molecule has 0 atom stereocenters. The SMILES string of the molecule is CCOC(=O)C(=O)CC(=O)c1ccc(OC)c(C(F)(F)F)c1. The number of methoxy groups -OCH3 is 1. The average Bonchev–Trinajstić information content (AvgIpc) is 2.45. The normalized spacial score (nSPS) is 11.0. The van der Waals surface area contributed by atoms with Crippen LogP contribution in [0.2, 0.25) is 0 Å². The second-order valence-corrected chi connectivity index (χ2v) is 4.16. The Labute approximate surface area is 124 Å². The van der Waals surface area contributed by atoms with Gasteiger partial charge in [0.2, 0.25) is 5.78 Å². The summed E-state index contributed by atoms with van der Waals surface area (Å²) in [6.07, 6.45) is -5.57. The summed E-state index contributed by atoms with van der Waals surface area (Å²) in [7, 11) is 1.07. The molecule has 0 heterocycles. The molecule has 22 heavy (non-hydrogen) atoms. The van der Waals surface area contributed by atoms with Gasteiger partial charge in [0, 0.05) is 5.56 Å². The third-order valence-electron chi connectivity index (χ3n) is 2.65. The molecule has 0 amide bonds. The molecule has 8 heteroatoms. The lowest BCUT2D eigenvalue weighted by atomic mass is 10.0. The van der Waals surface area contributed by atoms with Crippen LogP contribution in [0.4, 0.5) is 13.2 Å². The van der Waals surface area contributed by atoms with E-state index in [2.05, 4.69) is 9.47 Å². The fourth-order valence-corrected chi connectivity index (χ4v) is 1.63. The van der Waals surface area contributed by atoms with E-state index in [-0.39, 0.29) is 12.2 Å². The summed E-state index contributed by atoms with van der Waals surface area (Å²) >= 11 is 0. The fourth-order valence-electron chi connectivity index (χ4n) is 1.63. The minimum atomic E-state index is -4.72. The van der Waals surface area contributed by atoms with Gasteiger partial charge in [0.1, 0.15) is 5.75 Å². The van der Waals surface area contributed by atoms with Crippen LogP contribution in [0.5, 0.6) is 5.75 Å². The maximum atomic E-state index is 12.8. The monoisotopic (exact) mass is 318 g/mol. The number of ether oxygens (including phenoxy) is 2. The van der Waals surface area contributed by atoms with E-state index in [4.69, 9.17) is 0 Å². The smallest absolute Gasteiger partial charge is 0.419 e. The van der Waals surface area contributed by atoms with Crippen LogP contribution in [0.15, 0.2) is 18.2 Å². The summed E-state index contributed by atoms with van der Waals surface area (Å²) in [5, 5.41) is 0. The van der Waals surface area contributed by atoms with Crippen molar-refractivity contribution in [3.8, 4) is 5.75 Å². The van der Waals surface area contributed by atoms with Gasteiger partial charge in [-0.2, -0.15) is 13.2 Å². The standard InChI is InChI=1S/C14H13F3O5/c1-3-22-13(20)11(19)7-10(18)8-4-5-12(21-2)9(6-8)14(15,16)17/h4-6H,3,7H2,1-2H3. The molecule has 0 aromatic heterocycles. The van der Waals surface area contributed by atoms with Crippen molar-refractivity contribution in [2.24, 2.45) is 0 Å². The molecule has 0 unspecified atom stereocenters. The Morgan fingerprint density at radius 2 is 1.82 bits per heavy atom. The zero-order valence-corrected chi connectivity index (χ0v) is 11.8. The number of hydrogen-bond donors (Lipinski definition) is 0. The van der Waals surface area contributed by atoms with E-state index in [1.807, 2.05) is 0 Å². The van der Waals surface area contributed by atoms with E-state index >= 15 is 0 Å². The Balaban J connectivity index is 3.00. The first kappa shape index (κ1) is 17.7. The average molecular weight is 318 g/mol. The Morgan fingerprint density at radius 3 is 2.32 bits per heavy atom. The number of hydrogen-bond acceptors (Lipinski definition) is 5. The van der Waals surface area contributed by atoms with Crippen molar-refractivity contribution in [2.45, 2.75) is 19.5 Å². The quantitative estimate of drug-likeness (QED) is 0.349. The molecule has 1 aromatic rings. The first-order valence-electron chi connectivity index (χ1n) is 6.19. The molecule has 0 N–H and O–H groups in total. The molecule has 0 radical (unpaired) electrons. The Hall–Kier alpha value is -2.38. The molecule has 0 saturated carbocycles. The summed E-state index contributed by atoms with van der Waals surface area (Å²) in [5.74, 6) is -3.66. The number of rotatable bonds is 6. The molecule has 0 fully saturated rings. The van der Waals surface area contributed by atoms with E-state index in [9.17, 15) is 27.6 Å². The van der Waals surface area contributed by atoms with Gasteiger partial charge in [-0.3, -0.25) is 9.59 Å². The molecule has 0 aliphatic carbocycles. The minimum absolute atomic E-state index is 0.0421. The summed E-state index contributed by atoms with van der Waals surface area (Å²) in [6.45, 7) is 1.44. The van der Waals surface area contributed by atoms with Gasteiger partial charge in [0.15, 0.2) is 5.78 Å². The first-order valence-corrected chi connectivity index (χ1v) is 6.19. The summed E-state index contributed by atoms with van der Waals surface area (Å²) < 4.78 is 47.5. The molecule has 0 bridgehead atoms. The van der Waals surface area contributed by atoms with Crippen LogP contribution in [-0.2, 0) is 20.5 Å². The third kappa shape index (κ3) is 4.31. The molecule has 1 rings (SSSR count). The molecule has 0 spiro atoms. The topological polar surface area (TPSA) is 69.7 Å². The van der Waals surface area contributed by atoms with Gasteiger partial charge in [0.25, 0.3) is 0 Å². The van der Waals surface area contributed by atoms with E-state index in [1.54, 1.807) is 0 Å². The van der Waals surface area contributed by atoms with Crippen molar-refractivity contribution in [1.29, 1.82) is 0 Å². The maximum absolute atomic E-state index is 12.8. The lowest BCUT2D eigenvalue weighted by molar-refractivity contribution is -0.153. The number of alkyl halides is 3. The fraction of sp³-hybridized carbons (Fsp3) is 0.357. The minimum Gasteiger partial charge on any atom is -0.496 e. The van der Waals surface area contributed by atoms with Crippen molar-refractivity contribution in [2.75, 3.05) is 13.7 Å². The lowest BCUT2D eigenvalue weighted by Crippen LogP contribution is -2.21. The molecule has 0 aliphatic heterocycles. The highest BCUT2D eigenvalue weighted by atomic mass is 19.4. The summed E-state index contributed by atoms with van der Waals surface area (Å²) in [5.41, 5.74) is -1.48. The zero-order valence-electron chi connectivity index (χ0n) is 11.8. The summed E-state index contributed by atoms with van der Waals surface area (Å²) in [6, 6.07) is 2.65. The maximum Gasteiger partial charge on any atom is 0.419 e. The zero-order chi connectivity index (χ0) is 16.9. The van der Waals surface area contributed by atoms with E-state index in [0.717, 1.165) is 19.2 Å². The number of carbonyl (C=O) groups excluding carboxylic acids is 3. The lowest BCUT2D eigenvalue weighted by Gasteiger charge is -2.12. The van der Waals surface area contributed by atoms with Gasteiger partial charge in [-0.15, -0.1) is 0 Å². The summed E-state index contributed by atoms with van der Waals surface area (Å²) in [4.78, 5) is 34.3. The van der Waals surface area contributed by atoms with Crippen molar-refractivity contribution in [3.63, 3.8) is 0 Å². The predicted molar refractivity (Wildman–Crippen MR) is 68.6 cm³/mol. The van der Waals surface area contributed by atoms with Gasteiger partial charge in [-0.25, -0.2) is 4.79 Å². The van der Waals surface area contributed by atoms with Crippen LogP contribution in [0.3, 0.4) is 0 Å². The van der Waals surface area contributed by atoms with E-state index in [1.165, 1.54) is 6.92 Å². The molecule has 120 valence electrons. The van der Waals surface area contributed by atoms with Crippen LogP contribution in [0.1, 0.15) is 29.3 Å². The highest BCUT2D eigenvalue weighted by Gasteiger charge is 2.35. The van der Waals surface area contributed by atoms with Gasteiger partial charge in [-0.1, -0.05) is 0 Å². The highest BCUT2D eigenvalue weighted by molar-refractivity contribution is 6.38. The van der Waals surface area contributed by atoms with Crippen molar-refractivity contribution in [1.82, 2.24) is 0 Å². The van der Waals surface area contributed by atoms with Crippen LogP contribution in [-0.4, -0.2) is 31.3 Å². The molecular formula is C14H13F3O5. The predicted octanol–water partition coefficient (Wildman–Crippen LogP) is 2.42. The third-order valence-corrected chi connectivity index (χ3v) is 2.65.